The van der Waals surface area contributed by atoms with E-state index >= 15 is 0 Å². The van der Waals surface area contributed by atoms with Gasteiger partial charge in [0.1, 0.15) is 11.5 Å². The van der Waals surface area contributed by atoms with E-state index < -0.39 is 0 Å². The summed E-state index contributed by atoms with van der Waals surface area (Å²) in [5, 5.41) is 10.9. The van der Waals surface area contributed by atoms with Crippen molar-refractivity contribution in [2.24, 2.45) is 0 Å². The maximum atomic E-state index is 10.9. The maximum Gasteiger partial charge on any atom is 0.269 e. The molecule has 0 heterocycles. The molecule has 0 N–H and O–H groups in total. The lowest BCUT2D eigenvalue weighted by Gasteiger charge is -2.11. The summed E-state index contributed by atoms with van der Waals surface area (Å²) < 4.78 is 10.6. The smallest absolute Gasteiger partial charge is 0.269 e. The molecule has 22 heavy (non-hydrogen) atoms. The molecule has 2 rings (SSSR count). The molecule has 0 aliphatic heterocycles. The highest BCUT2D eigenvalue weighted by Crippen LogP contribution is 2.26. The van der Waals surface area contributed by atoms with Gasteiger partial charge in [-0.3, -0.25) is 10.1 Å². The Labute approximate surface area is 129 Å². The highest BCUT2D eigenvalue weighted by atomic mass is 16.6. The van der Waals surface area contributed by atoms with Gasteiger partial charge in [0, 0.05) is 12.1 Å². The Morgan fingerprint density at radius 2 is 1.73 bits per heavy atom. The third kappa shape index (κ3) is 3.55. The van der Waals surface area contributed by atoms with Crippen LogP contribution < -0.4 is 9.47 Å². The summed E-state index contributed by atoms with van der Waals surface area (Å²) >= 11 is 0. The van der Waals surface area contributed by atoms with Crippen LogP contribution in [0.1, 0.15) is 16.7 Å². The molecule has 0 amide bonds. The molecule has 5 heteroatoms. The van der Waals surface area contributed by atoms with Crippen LogP contribution in [-0.2, 0) is 12.8 Å². The molecule has 0 unspecified atom stereocenters. The van der Waals surface area contributed by atoms with E-state index in [1.165, 1.54) is 6.07 Å². The van der Waals surface area contributed by atoms with Crippen LogP contribution >= 0.6 is 0 Å². The first-order valence-electron chi connectivity index (χ1n) is 7.00. The van der Waals surface area contributed by atoms with Crippen molar-refractivity contribution < 1.29 is 14.4 Å². The van der Waals surface area contributed by atoms with Gasteiger partial charge in [0.25, 0.3) is 5.69 Å². The van der Waals surface area contributed by atoms with Crippen LogP contribution in [0.15, 0.2) is 36.4 Å². The molecule has 0 aliphatic rings. The minimum atomic E-state index is -0.366. The maximum absolute atomic E-state index is 10.9. The molecule has 0 bridgehead atoms. The molecule has 0 radical (unpaired) electrons. The summed E-state index contributed by atoms with van der Waals surface area (Å²) in [6.45, 7) is 1.96. The number of benzene rings is 2. The number of hydrogen-bond acceptors (Lipinski definition) is 4. The first kappa shape index (κ1) is 15.8. The number of methoxy groups -OCH3 is 2. The number of nitrogens with zero attached hydrogens (tertiary/aromatic N) is 1. The molecule has 0 saturated heterocycles. The van der Waals surface area contributed by atoms with Crippen molar-refractivity contribution in [1.29, 1.82) is 0 Å². The van der Waals surface area contributed by atoms with E-state index in [1.54, 1.807) is 26.4 Å². The minimum Gasteiger partial charge on any atom is -0.497 e. The van der Waals surface area contributed by atoms with Gasteiger partial charge >= 0.3 is 0 Å². The van der Waals surface area contributed by atoms with Gasteiger partial charge in [-0.25, -0.2) is 0 Å². The molecule has 0 fully saturated rings. The second-order valence-corrected chi connectivity index (χ2v) is 5.05. The number of nitro benzene ring substituents is 1. The van der Waals surface area contributed by atoms with Crippen molar-refractivity contribution in [3.05, 3.63) is 63.2 Å². The van der Waals surface area contributed by atoms with Crippen molar-refractivity contribution in [2.45, 2.75) is 19.8 Å². The largest absolute Gasteiger partial charge is 0.497 e. The highest BCUT2D eigenvalue weighted by Gasteiger charge is 2.10. The Morgan fingerprint density at radius 3 is 2.36 bits per heavy atom. The van der Waals surface area contributed by atoms with Gasteiger partial charge in [-0.2, -0.15) is 0 Å². The molecular weight excluding hydrogens is 282 g/mol. The van der Waals surface area contributed by atoms with E-state index in [9.17, 15) is 10.1 Å². The zero-order chi connectivity index (χ0) is 16.1. The Morgan fingerprint density at radius 1 is 1.00 bits per heavy atom. The fourth-order valence-corrected chi connectivity index (χ4v) is 2.39. The van der Waals surface area contributed by atoms with Gasteiger partial charge in [-0.05, 0) is 54.7 Å². The predicted molar refractivity (Wildman–Crippen MR) is 84.8 cm³/mol. The number of ether oxygens (including phenoxy) is 2. The second-order valence-electron chi connectivity index (χ2n) is 5.05. The van der Waals surface area contributed by atoms with Crippen LogP contribution in [0.4, 0.5) is 5.69 Å². The lowest BCUT2D eigenvalue weighted by molar-refractivity contribution is -0.384. The Hall–Kier alpha value is -2.56. The SMILES string of the molecule is COc1ccc(OC)c(CCc2cc([N+](=O)[O-])ccc2C)c1. The van der Waals surface area contributed by atoms with Crippen LogP contribution in [0.3, 0.4) is 0 Å². The summed E-state index contributed by atoms with van der Waals surface area (Å²) in [6.07, 6.45) is 1.43. The average molecular weight is 301 g/mol. The second kappa shape index (κ2) is 6.93. The normalized spacial score (nSPS) is 10.3. The van der Waals surface area contributed by atoms with Crippen molar-refractivity contribution >= 4 is 5.69 Å². The molecule has 0 spiro atoms. The van der Waals surface area contributed by atoms with Crippen LogP contribution in [0, 0.1) is 17.0 Å². The van der Waals surface area contributed by atoms with E-state index in [0.29, 0.717) is 6.42 Å². The fraction of sp³-hybridized carbons (Fsp3) is 0.294. The minimum absolute atomic E-state index is 0.123. The number of hydrogen-bond donors (Lipinski definition) is 0. The zero-order valence-corrected chi connectivity index (χ0v) is 13.0. The lowest BCUT2D eigenvalue weighted by Crippen LogP contribution is -1.99. The molecule has 2 aromatic carbocycles. The quantitative estimate of drug-likeness (QED) is 0.603. The van der Waals surface area contributed by atoms with Crippen LogP contribution in [0.2, 0.25) is 0 Å². The Balaban J connectivity index is 2.22. The summed E-state index contributed by atoms with van der Waals surface area (Å²) in [5.41, 5.74) is 3.16. The summed E-state index contributed by atoms with van der Waals surface area (Å²) in [4.78, 5) is 10.5. The van der Waals surface area contributed by atoms with Gasteiger partial charge in [-0.15, -0.1) is 0 Å². The van der Waals surface area contributed by atoms with Crippen molar-refractivity contribution in [3.63, 3.8) is 0 Å². The predicted octanol–water partition coefficient (Wildman–Crippen LogP) is 3.71. The first-order chi connectivity index (χ1) is 10.5. The lowest BCUT2D eigenvalue weighted by atomic mass is 9.99. The number of rotatable bonds is 6. The summed E-state index contributed by atoms with van der Waals surface area (Å²) in [6, 6.07) is 10.6. The van der Waals surface area contributed by atoms with Gasteiger partial charge in [0.15, 0.2) is 0 Å². The zero-order valence-electron chi connectivity index (χ0n) is 13.0. The molecule has 5 nitrogen and oxygen atoms in total. The first-order valence-corrected chi connectivity index (χ1v) is 7.00. The molecule has 2 aromatic rings. The molecule has 0 aromatic heterocycles. The van der Waals surface area contributed by atoms with Gasteiger partial charge < -0.3 is 9.47 Å². The average Bonchev–Trinajstić information content (AvgIpc) is 2.53. The molecule has 0 atom stereocenters. The van der Waals surface area contributed by atoms with Crippen LogP contribution in [-0.4, -0.2) is 19.1 Å². The van der Waals surface area contributed by atoms with Crippen molar-refractivity contribution in [3.8, 4) is 11.5 Å². The van der Waals surface area contributed by atoms with Crippen molar-refractivity contribution in [2.75, 3.05) is 14.2 Å². The molecule has 116 valence electrons. The van der Waals surface area contributed by atoms with Crippen LogP contribution in [0.5, 0.6) is 11.5 Å². The monoisotopic (exact) mass is 301 g/mol. The Kier molecular flexibility index (Phi) is 4.99. The Bertz CT molecular complexity index is 682. The number of nitro groups is 1. The van der Waals surface area contributed by atoms with Gasteiger partial charge in [0.2, 0.25) is 0 Å². The van der Waals surface area contributed by atoms with E-state index in [-0.39, 0.29) is 10.6 Å². The number of aryl methyl sites for hydroxylation is 3. The topological polar surface area (TPSA) is 61.6 Å². The van der Waals surface area contributed by atoms with Crippen LogP contribution in [0.25, 0.3) is 0 Å². The van der Waals surface area contributed by atoms with Gasteiger partial charge in [-0.1, -0.05) is 6.07 Å². The third-order valence-electron chi connectivity index (χ3n) is 3.69. The highest BCUT2D eigenvalue weighted by molar-refractivity contribution is 5.43. The molecule has 0 saturated carbocycles. The van der Waals surface area contributed by atoms with Gasteiger partial charge in [0.05, 0.1) is 19.1 Å². The summed E-state index contributed by atoms with van der Waals surface area (Å²) in [7, 11) is 3.25. The van der Waals surface area contributed by atoms with E-state index in [4.69, 9.17) is 9.47 Å². The number of non-ortho nitro benzene ring substituents is 1. The summed E-state index contributed by atoms with van der Waals surface area (Å²) in [5.74, 6) is 1.57. The van der Waals surface area contributed by atoms with Crippen molar-refractivity contribution in [1.82, 2.24) is 0 Å². The third-order valence-corrected chi connectivity index (χ3v) is 3.69. The standard InChI is InChI=1S/C17H19NO4/c1-12-4-7-15(18(19)20)10-13(12)5-6-14-11-16(21-2)8-9-17(14)22-3/h4,7-11H,5-6H2,1-3H3. The molecule has 0 aliphatic carbocycles. The van der Waals surface area contributed by atoms with E-state index in [2.05, 4.69) is 0 Å². The van der Waals surface area contributed by atoms with E-state index in [1.807, 2.05) is 25.1 Å². The fourth-order valence-electron chi connectivity index (χ4n) is 2.39. The molecular formula is C17H19NO4. The van der Waals surface area contributed by atoms with E-state index in [0.717, 1.165) is 34.6 Å².